The van der Waals surface area contributed by atoms with Crippen molar-refractivity contribution in [2.24, 2.45) is 0 Å². The molecule has 0 aliphatic carbocycles. The maximum Gasteiger partial charge on any atom is 0.336 e. The van der Waals surface area contributed by atoms with Gasteiger partial charge in [-0.3, -0.25) is 4.79 Å². The fourth-order valence-electron chi connectivity index (χ4n) is 2.01. The average molecular weight is 282 g/mol. The minimum absolute atomic E-state index is 0.0658. The number of carbonyl (C=O) groups excluding carboxylic acids is 2. The molecule has 0 spiro atoms. The molecular weight excluding hydrogens is 267 g/mol. The summed E-state index contributed by atoms with van der Waals surface area (Å²) in [7, 11) is 1.25. The average Bonchev–Trinajstić information content (AvgIpc) is 2.46. The molecule has 1 fully saturated rings. The lowest BCUT2D eigenvalue weighted by Gasteiger charge is -2.31. The van der Waals surface area contributed by atoms with Crippen LogP contribution in [0.5, 0.6) is 0 Å². The largest absolute Gasteiger partial charge is 0.467 e. The Kier molecular flexibility index (Phi) is 4.19. The van der Waals surface area contributed by atoms with Gasteiger partial charge in [-0.1, -0.05) is 0 Å². The minimum Gasteiger partial charge on any atom is -0.467 e. The van der Waals surface area contributed by atoms with Gasteiger partial charge < -0.3 is 20.1 Å². The summed E-state index contributed by atoms with van der Waals surface area (Å²) >= 11 is 0. The highest BCUT2D eigenvalue weighted by molar-refractivity contribution is 5.99. The summed E-state index contributed by atoms with van der Waals surface area (Å²) in [4.78, 5) is 25.2. The van der Waals surface area contributed by atoms with E-state index in [9.17, 15) is 14.0 Å². The van der Waals surface area contributed by atoms with E-state index >= 15 is 0 Å². The third kappa shape index (κ3) is 2.88. The summed E-state index contributed by atoms with van der Waals surface area (Å²) in [5, 5.41) is 0. The van der Waals surface area contributed by atoms with Crippen LogP contribution in [0.15, 0.2) is 18.2 Å². The van der Waals surface area contributed by atoms with E-state index in [1.54, 1.807) is 0 Å². The number of carbonyl (C=O) groups is 2. The molecule has 0 bridgehead atoms. The lowest BCUT2D eigenvalue weighted by molar-refractivity contribution is -0.158. The van der Waals surface area contributed by atoms with E-state index in [2.05, 4.69) is 4.74 Å². The molecule has 0 saturated carbocycles. The van der Waals surface area contributed by atoms with Crippen LogP contribution in [0.25, 0.3) is 0 Å². The van der Waals surface area contributed by atoms with Gasteiger partial charge in [-0.25, -0.2) is 9.18 Å². The van der Waals surface area contributed by atoms with Crippen LogP contribution < -0.4 is 5.73 Å². The zero-order chi connectivity index (χ0) is 14.7. The van der Waals surface area contributed by atoms with Crippen LogP contribution in [0.2, 0.25) is 0 Å². The first-order chi connectivity index (χ1) is 9.52. The zero-order valence-corrected chi connectivity index (χ0v) is 11.0. The van der Waals surface area contributed by atoms with Crippen molar-refractivity contribution in [3.63, 3.8) is 0 Å². The van der Waals surface area contributed by atoms with Crippen molar-refractivity contribution in [1.82, 2.24) is 4.90 Å². The number of rotatable bonds is 2. The molecule has 1 aliphatic heterocycles. The number of ether oxygens (including phenoxy) is 2. The van der Waals surface area contributed by atoms with E-state index in [0.29, 0.717) is 6.54 Å². The number of hydrogen-bond donors (Lipinski definition) is 1. The third-order valence-corrected chi connectivity index (χ3v) is 3.06. The van der Waals surface area contributed by atoms with Crippen LogP contribution >= 0.6 is 0 Å². The summed E-state index contributed by atoms with van der Waals surface area (Å²) in [6, 6.07) is 3.59. The SMILES string of the molecule is COC(=O)C1CN(C(=O)c2ccc(F)cc2N)CCO1. The van der Waals surface area contributed by atoms with E-state index in [-0.39, 0.29) is 30.3 Å². The number of nitrogen functional groups attached to an aromatic ring is 1. The van der Waals surface area contributed by atoms with Gasteiger partial charge in [-0.05, 0) is 18.2 Å². The van der Waals surface area contributed by atoms with Gasteiger partial charge in [-0.2, -0.15) is 0 Å². The number of benzene rings is 1. The maximum absolute atomic E-state index is 13.0. The molecule has 7 heteroatoms. The van der Waals surface area contributed by atoms with Crippen molar-refractivity contribution in [3.05, 3.63) is 29.6 Å². The standard InChI is InChI=1S/C13H15FN2O4/c1-19-13(18)11-7-16(4-5-20-11)12(17)9-3-2-8(14)6-10(9)15/h2-3,6,11H,4-5,7,15H2,1H3. The van der Waals surface area contributed by atoms with E-state index < -0.39 is 17.9 Å². The van der Waals surface area contributed by atoms with Gasteiger partial charge in [0.05, 0.1) is 25.8 Å². The van der Waals surface area contributed by atoms with Gasteiger partial charge in [-0.15, -0.1) is 0 Å². The lowest BCUT2D eigenvalue weighted by Crippen LogP contribution is -2.49. The Labute approximate surface area is 115 Å². The molecule has 2 N–H and O–H groups in total. The summed E-state index contributed by atoms with van der Waals surface area (Å²) in [6.07, 6.45) is -0.806. The summed E-state index contributed by atoms with van der Waals surface area (Å²) in [6.45, 7) is 0.651. The molecule has 1 amide bonds. The van der Waals surface area contributed by atoms with Crippen molar-refractivity contribution in [3.8, 4) is 0 Å². The number of anilines is 1. The predicted molar refractivity (Wildman–Crippen MR) is 68.5 cm³/mol. The van der Waals surface area contributed by atoms with Crippen molar-refractivity contribution < 1.29 is 23.5 Å². The molecule has 6 nitrogen and oxygen atoms in total. The van der Waals surface area contributed by atoms with E-state index in [4.69, 9.17) is 10.5 Å². The number of halogens is 1. The highest BCUT2D eigenvalue weighted by Crippen LogP contribution is 2.18. The molecule has 2 rings (SSSR count). The van der Waals surface area contributed by atoms with Crippen LogP contribution in [0.1, 0.15) is 10.4 Å². The molecule has 108 valence electrons. The van der Waals surface area contributed by atoms with Crippen LogP contribution in [-0.2, 0) is 14.3 Å². The number of methoxy groups -OCH3 is 1. The fourth-order valence-corrected chi connectivity index (χ4v) is 2.01. The monoisotopic (exact) mass is 282 g/mol. The maximum atomic E-state index is 13.0. The van der Waals surface area contributed by atoms with Crippen molar-refractivity contribution in [2.75, 3.05) is 32.5 Å². The van der Waals surface area contributed by atoms with Gasteiger partial charge in [0.2, 0.25) is 0 Å². The first-order valence-electron chi connectivity index (χ1n) is 6.06. The van der Waals surface area contributed by atoms with Crippen LogP contribution in [0, 0.1) is 5.82 Å². The van der Waals surface area contributed by atoms with Gasteiger partial charge in [0.15, 0.2) is 6.10 Å². The number of nitrogens with zero attached hydrogens (tertiary/aromatic N) is 1. The smallest absolute Gasteiger partial charge is 0.336 e. The summed E-state index contributed by atoms with van der Waals surface area (Å²) in [5.41, 5.74) is 5.91. The second-order valence-corrected chi connectivity index (χ2v) is 4.37. The van der Waals surface area contributed by atoms with E-state index in [1.807, 2.05) is 0 Å². The van der Waals surface area contributed by atoms with Gasteiger partial charge in [0.25, 0.3) is 5.91 Å². The Morgan fingerprint density at radius 1 is 1.50 bits per heavy atom. The molecule has 1 atom stereocenters. The van der Waals surface area contributed by atoms with Gasteiger partial charge in [0, 0.05) is 12.2 Å². The fraction of sp³-hybridized carbons (Fsp3) is 0.385. The van der Waals surface area contributed by atoms with Crippen LogP contribution in [0.4, 0.5) is 10.1 Å². The van der Waals surface area contributed by atoms with Gasteiger partial charge in [0.1, 0.15) is 5.82 Å². The quantitative estimate of drug-likeness (QED) is 0.628. The number of amides is 1. The molecule has 1 aromatic rings. The number of morpholine rings is 1. The normalized spacial score (nSPS) is 18.7. The van der Waals surface area contributed by atoms with E-state index in [1.165, 1.54) is 24.1 Å². The Balaban J connectivity index is 2.14. The zero-order valence-electron chi connectivity index (χ0n) is 11.0. The molecule has 1 unspecified atom stereocenters. The molecule has 0 aromatic heterocycles. The number of hydrogen-bond acceptors (Lipinski definition) is 5. The van der Waals surface area contributed by atoms with Gasteiger partial charge >= 0.3 is 5.97 Å². The molecule has 1 aromatic carbocycles. The third-order valence-electron chi connectivity index (χ3n) is 3.06. The molecular formula is C13H15FN2O4. The number of esters is 1. The molecule has 0 radical (unpaired) electrons. The highest BCUT2D eigenvalue weighted by Gasteiger charge is 2.30. The van der Waals surface area contributed by atoms with Crippen LogP contribution in [-0.4, -0.2) is 49.7 Å². The Morgan fingerprint density at radius 2 is 2.25 bits per heavy atom. The lowest BCUT2D eigenvalue weighted by atomic mass is 10.1. The van der Waals surface area contributed by atoms with Crippen LogP contribution in [0.3, 0.4) is 0 Å². The second-order valence-electron chi connectivity index (χ2n) is 4.37. The van der Waals surface area contributed by atoms with Crippen molar-refractivity contribution in [1.29, 1.82) is 0 Å². The second kappa shape index (κ2) is 5.87. The first kappa shape index (κ1) is 14.3. The highest BCUT2D eigenvalue weighted by atomic mass is 19.1. The molecule has 20 heavy (non-hydrogen) atoms. The molecule has 1 heterocycles. The molecule has 1 aliphatic rings. The van der Waals surface area contributed by atoms with E-state index in [0.717, 1.165) is 6.07 Å². The Bertz CT molecular complexity index is 535. The van der Waals surface area contributed by atoms with Crippen molar-refractivity contribution in [2.45, 2.75) is 6.10 Å². The minimum atomic E-state index is -0.806. The summed E-state index contributed by atoms with van der Waals surface area (Å²) < 4.78 is 22.8. The number of nitrogens with two attached hydrogens (primary N) is 1. The molecule has 1 saturated heterocycles. The Morgan fingerprint density at radius 3 is 2.90 bits per heavy atom. The Hall–Kier alpha value is -2.15. The predicted octanol–water partition coefficient (Wildman–Crippen LogP) is 0.422. The topological polar surface area (TPSA) is 81.9 Å². The first-order valence-corrected chi connectivity index (χ1v) is 6.06. The van der Waals surface area contributed by atoms with Crippen molar-refractivity contribution >= 4 is 17.6 Å². The summed E-state index contributed by atoms with van der Waals surface area (Å²) in [5.74, 6) is -1.40.